The standard InChI is InChI=1S/C12H20N2O/c1-3-4-5-6-7-8-12(15)11-9-10-14(2)13-11/h3,9-10,12,15H,1,4-8H2,2H3. The second-order valence-corrected chi connectivity index (χ2v) is 3.86. The zero-order valence-corrected chi connectivity index (χ0v) is 9.39. The van der Waals surface area contributed by atoms with Crippen molar-refractivity contribution >= 4 is 0 Å². The lowest BCUT2D eigenvalue weighted by molar-refractivity contribution is 0.158. The van der Waals surface area contributed by atoms with Gasteiger partial charge in [-0.25, -0.2) is 0 Å². The highest BCUT2D eigenvalue weighted by atomic mass is 16.3. The lowest BCUT2D eigenvalue weighted by Crippen LogP contribution is -1.99. The summed E-state index contributed by atoms with van der Waals surface area (Å²) in [6.07, 6.45) is 8.62. The van der Waals surface area contributed by atoms with Gasteiger partial charge in [0, 0.05) is 13.2 Å². The van der Waals surface area contributed by atoms with Crippen LogP contribution in [0, 0.1) is 0 Å². The van der Waals surface area contributed by atoms with Crippen molar-refractivity contribution < 1.29 is 5.11 Å². The molecule has 1 N–H and O–H groups in total. The first-order chi connectivity index (χ1) is 7.24. The van der Waals surface area contributed by atoms with Crippen molar-refractivity contribution in [1.29, 1.82) is 0 Å². The molecule has 1 unspecified atom stereocenters. The molecule has 0 aliphatic carbocycles. The van der Waals surface area contributed by atoms with E-state index >= 15 is 0 Å². The Bertz CT molecular complexity index is 294. The Hall–Kier alpha value is -1.09. The molecular weight excluding hydrogens is 188 g/mol. The average Bonchev–Trinajstić information content (AvgIpc) is 2.64. The maximum Gasteiger partial charge on any atom is 0.0978 e. The van der Waals surface area contributed by atoms with Gasteiger partial charge in [-0.05, 0) is 25.3 Å². The van der Waals surface area contributed by atoms with E-state index in [0.29, 0.717) is 0 Å². The second kappa shape index (κ2) is 6.40. The molecule has 1 aromatic heterocycles. The maximum absolute atomic E-state index is 9.79. The predicted octanol–water partition coefficient (Wildman–Crippen LogP) is 2.59. The highest BCUT2D eigenvalue weighted by Crippen LogP contribution is 2.17. The van der Waals surface area contributed by atoms with E-state index < -0.39 is 6.10 Å². The normalized spacial score (nSPS) is 12.7. The van der Waals surface area contributed by atoms with Crippen molar-refractivity contribution in [1.82, 2.24) is 9.78 Å². The topological polar surface area (TPSA) is 38.0 Å². The number of hydrogen-bond donors (Lipinski definition) is 1. The van der Waals surface area contributed by atoms with Crippen molar-refractivity contribution in [2.45, 2.75) is 38.2 Å². The molecule has 1 rings (SSSR count). The van der Waals surface area contributed by atoms with E-state index in [1.807, 2.05) is 25.4 Å². The quantitative estimate of drug-likeness (QED) is 0.552. The van der Waals surface area contributed by atoms with Crippen LogP contribution in [0.2, 0.25) is 0 Å². The number of hydrogen-bond acceptors (Lipinski definition) is 2. The van der Waals surface area contributed by atoms with Crippen LogP contribution >= 0.6 is 0 Å². The summed E-state index contributed by atoms with van der Waals surface area (Å²) in [6.45, 7) is 3.68. The van der Waals surface area contributed by atoms with Gasteiger partial charge in [0.05, 0.1) is 11.8 Å². The molecule has 0 saturated heterocycles. The second-order valence-electron chi connectivity index (χ2n) is 3.86. The summed E-state index contributed by atoms with van der Waals surface area (Å²) in [7, 11) is 1.86. The van der Waals surface area contributed by atoms with Gasteiger partial charge in [0.2, 0.25) is 0 Å². The zero-order valence-electron chi connectivity index (χ0n) is 9.39. The fourth-order valence-corrected chi connectivity index (χ4v) is 1.56. The van der Waals surface area contributed by atoms with Crippen LogP contribution in [0.3, 0.4) is 0 Å². The molecule has 0 saturated carbocycles. The summed E-state index contributed by atoms with van der Waals surface area (Å²) < 4.78 is 1.72. The largest absolute Gasteiger partial charge is 0.387 e. The van der Waals surface area contributed by atoms with Crippen LogP contribution < -0.4 is 0 Å². The Labute approximate surface area is 91.4 Å². The molecule has 0 aliphatic heterocycles. The van der Waals surface area contributed by atoms with E-state index in [9.17, 15) is 5.11 Å². The molecule has 1 aromatic rings. The van der Waals surface area contributed by atoms with E-state index in [1.165, 1.54) is 6.42 Å². The molecule has 1 atom stereocenters. The van der Waals surface area contributed by atoms with Crippen molar-refractivity contribution in [2.24, 2.45) is 7.05 Å². The highest BCUT2D eigenvalue weighted by Gasteiger charge is 2.09. The van der Waals surface area contributed by atoms with Crippen LogP contribution in [0.25, 0.3) is 0 Å². The van der Waals surface area contributed by atoms with Gasteiger partial charge in [0.1, 0.15) is 0 Å². The maximum atomic E-state index is 9.79. The van der Waals surface area contributed by atoms with E-state index in [1.54, 1.807) is 4.68 Å². The molecule has 0 aliphatic rings. The summed E-state index contributed by atoms with van der Waals surface area (Å²) in [5.74, 6) is 0. The lowest BCUT2D eigenvalue weighted by Gasteiger charge is -2.06. The number of aliphatic hydroxyl groups excluding tert-OH is 1. The van der Waals surface area contributed by atoms with E-state index in [2.05, 4.69) is 11.7 Å². The number of rotatable bonds is 7. The van der Waals surface area contributed by atoms with E-state index in [4.69, 9.17) is 0 Å². The molecule has 1 heterocycles. The lowest BCUT2D eigenvalue weighted by atomic mass is 10.1. The number of aromatic nitrogens is 2. The molecule has 0 bridgehead atoms. The third-order valence-corrected chi connectivity index (χ3v) is 2.46. The number of nitrogens with zero attached hydrogens (tertiary/aromatic N) is 2. The highest BCUT2D eigenvalue weighted by molar-refractivity contribution is 5.02. The Morgan fingerprint density at radius 1 is 1.53 bits per heavy atom. The minimum absolute atomic E-state index is 0.407. The molecule has 15 heavy (non-hydrogen) atoms. The molecule has 0 amide bonds. The SMILES string of the molecule is C=CCCCCCC(O)c1ccn(C)n1. The van der Waals surface area contributed by atoms with Gasteiger partial charge in [-0.1, -0.05) is 18.9 Å². The monoisotopic (exact) mass is 208 g/mol. The van der Waals surface area contributed by atoms with Gasteiger partial charge in [0.15, 0.2) is 0 Å². The number of allylic oxidation sites excluding steroid dienone is 1. The smallest absolute Gasteiger partial charge is 0.0978 e. The third kappa shape index (κ3) is 4.30. The van der Waals surface area contributed by atoms with Crippen LogP contribution in [0.1, 0.15) is 43.9 Å². The third-order valence-electron chi connectivity index (χ3n) is 2.46. The zero-order chi connectivity index (χ0) is 11.1. The molecule has 3 nitrogen and oxygen atoms in total. The first-order valence-electron chi connectivity index (χ1n) is 5.52. The molecular formula is C12H20N2O. The average molecular weight is 208 g/mol. The van der Waals surface area contributed by atoms with Crippen molar-refractivity contribution in [3.05, 3.63) is 30.6 Å². The van der Waals surface area contributed by atoms with Gasteiger partial charge in [0.25, 0.3) is 0 Å². The van der Waals surface area contributed by atoms with E-state index in [0.717, 1.165) is 31.4 Å². The predicted molar refractivity (Wildman–Crippen MR) is 61.4 cm³/mol. The Balaban J connectivity index is 2.18. The molecule has 0 spiro atoms. The molecule has 84 valence electrons. The van der Waals surface area contributed by atoms with Crippen LogP contribution in [-0.2, 0) is 7.05 Å². The summed E-state index contributed by atoms with van der Waals surface area (Å²) in [5, 5.41) is 14.0. The molecule has 0 aromatic carbocycles. The van der Waals surface area contributed by atoms with Gasteiger partial charge >= 0.3 is 0 Å². The van der Waals surface area contributed by atoms with Crippen LogP contribution in [0.5, 0.6) is 0 Å². The summed E-state index contributed by atoms with van der Waals surface area (Å²) in [6, 6.07) is 1.87. The molecule has 0 fully saturated rings. The van der Waals surface area contributed by atoms with E-state index in [-0.39, 0.29) is 0 Å². The molecule has 0 radical (unpaired) electrons. The Kier molecular flexibility index (Phi) is 5.12. The van der Waals surface area contributed by atoms with Crippen molar-refractivity contribution in [2.75, 3.05) is 0 Å². The van der Waals surface area contributed by atoms with Gasteiger partial charge < -0.3 is 5.11 Å². The summed E-state index contributed by atoms with van der Waals surface area (Å²) in [4.78, 5) is 0. The van der Waals surface area contributed by atoms with Gasteiger partial charge in [-0.15, -0.1) is 6.58 Å². The minimum Gasteiger partial charge on any atom is -0.387 e. The van der Waals surface area contributed by atoms with Crippen LogP contribution in [0.15, 0.2) is 24.9 Å². The van der Waals surface area contributed by atoms with Gasteiger partial charge in [-0.3, -0.25) is 4.68 Å². The first kappa shape index (κ1) is 12.0. The Morgan fingerprint density at radius 3 is 2.93 bits per heavy atom. The number of aliphatic hydroxyl groups is 1. The van der Waals surface area contributed by atoms with Crippen LogP contribution in [0.4, 0.5) is 0 Å². The summed E-state index contributed by atoms with van der Waals surface area (Å²) in [5.41, 5.74) is 0.779. The fourth-order valence-electron chi connectivity index (χ4n) is 1.56. The van der Waals surface area contributed by atoms with Crippen molar-refractivity contribution in [3.8, 4) is 0 Å². The molecule has 3 heteroatoms. The fraction of sp³-hybridized carbons (Fsp3) is 0.583. The Morgan fingerprint density at radius 2 is 2.33 bits per heavy atom. The number of aryl methyl sites for hydroxylation is 1. The number of unbranched alkanes of at least 4 members (excludes halogenated alkanes) is 3. The summed E-state index contributed by atoms with van der Waals surface area (Å²) >= 11 is 0. The minimum atomic E-state index is -0.407. The van der Waals surface area contributed by atoms with Gasteiger partial charge in [-0.2, -0.15) is 5.10 Å². The van der Waals surface area contributed by atoms with Crippen molar-refractivity contribution in [3.63, 3.8) is 0 Å². The van der Waals surface area contributed by atoms with Crippen LogP contribution in [-0.4, -0.2) is 14.9 Å². The first-order valence-corrected chi connectivity index (χ1v) is 5.52.